The molecule has 0 saturated heterocycles. The molecule has 1 fully saturated rings. The quantitative estimate of drug-likeness (QED) is 0.811. The third-order valence-corrected chi connectivity index (χ3v) is 4.71. The first-order chi connectivity index (χ1) is 10.9. The van der Waals surface area contributed by atoms with Crippen LogP contribution in [0.2, 0.25) is 0 Å². The van der Waals surface area contributed by atoms with Crippen molar-refractivity contribution in [3.05, 3.63) is 59.7 Å². The molecule has 0 bridgehead atoms. The maximum atomic E-state index is 3.60. The van der Waals surface area contributed by atoms with Crippen LogP contribution in [0.1, 0.15) is 44.1 Å². The fourth-order valence-corrected chi connectivity index (χ4v) is 3.43. The fourth-order valence-electron chi connectivity index (χ4n) is 3.43. The number of hydrogen-bond acceptors (Lipinski definition) is 1. The van der Waals surface area contributed by atoms with Gasteiger partial charge in [0.25, 0.3) is 0 Å². The van der Waals surface area contributed by atoms with E-state index in [9.17, 15) is 0 Å². The first kappa shape index (κ1) is 15.1. The topological polar surface area (TPSA) is 12.0 Å². The second-order valence-electron chi connectivity index (χ2n) is 6.28. The molecule has 0 spiro atoms. The van der Waals surface area contributed by atoms with Crippen LogP contribution in [0.15, 0.2) is 54.1 Å². The summed E-state index contributed by atoms with van der Waals surface area (Å²) in [7, 11) is 0. The smallest absolute Gasteiger partial charge is 0.0582 e. The van der Waals surface area contributed by atoms with Crippen molar-refractivity contribution in [1.82, 2.24) is 5.32 Å². The lowest BCUT2D eigenvalue weighted by Crippen LogP contribution is -2.33. The molecule has 1 aromatic carbocycles. The molecular formula is C21H25N. The van der Waals surface area contributed by atoms with E-state index in [0.29, 0.717) is 6.04 Å². The number of benzene rings is 1. The predicted octanol–water partition coefficient (Wildman–Crippen LogP) is 4.46. The van der Waals surface area contributed by atoms with Gasteiger partial charge in [-0.2, -0.15) is 0 Å². The standard InChI is InChI=1S/C21H25N/c1-3-8-18(9-4-1)10-7-17-22-21-15-13-20(14-16-21)19-11-5-2-6-12-19/h1,3-5,8-9,11-12,20-22H,2,6,13-17H2. The van der Waals surface area contributed by atoms with Crippen molar-refractivity contribution >= 4 is 0 Å². The lowest BCUT2D eigenvalue weighted by atomic mass is 9.80. The Balaban J connectivity index is 1.40. The molecule has 3 rings (SSSR count). The Kier molecular flexibility index (Phi) is 5.51. The van der Waals surface area contributed by atoms with E-state index in [-0.39, 0.29) is 0 Å². The van der Waals surface area contributed by atoms with Crippen molar-refractivity contribution in [1.29, 1.82) is 0 Å². The lowest BCUT2D eigenvalue weighted by Gasteiger charge is -2.30. The molecule has 22 heavy (non-hydrogen) atoms. The van der Waals surface area contributed by atoms with Crippen LogP contribution in [-0.2, 0) is 0 Å². The number of nitrogens with one attached hydrogen (secondary N) is 1. The lowest BCUT2D eigenvalue weighted by molar-refractivity contribution is 0.329. The van der Waals surface area contributed by atoms with E-state index in [0.717, 1.165) is 18.0 Å². The fraction of sp³-hybridized carbons (Fsp3) is 0.429. The zero-order valence-corrected chi connectivity index (χ0v) is 13.2. The van der Waals surface area contributed by atoms with Crippen molar-refractivity contribution < 1.29 is 0 Å². The van der Waals surface area contributed by atoms with Gasteiger partial charge in [-0.05, 0) is 62.1 Å². The third kappa shape index (κ3) is 4.36. The van der Waals surface area contributed by atoms with E-state index < -0.39 is 0 Å². The van der Waals surface area contributed by atoms with Crippen molar-refractivity contribution in [2.24, 2.45) is 5.92 Å². The number of hydrogen-bond donors (Lipinski definition) is 1. The molecule has 1 nitrogen and oxygen atoms in total. The largest absolute Gasteiger partial charge is 0.303 e. The molecule has 0 aliphatic heterocycles. The molecule has 1 aromatic rings. The third-order valence-electron chi connectivity index (χ3n) is 4.71. The summed E-state index contributed by atoms with van der Waals surface area (Å²) in [6.45, 7) is 0.798. The molecule has 2 aliphatic rings. The van der Waals surface area contributed by atoms with E-state index in [1.54, 1.807) is 5.57 Å². The van der Waals surface area contributed by atoms with Gasteiger partial charge in [0.2, 0.25) is 0 Å². The van der Waals surface area contributed by atoms with Crippen LogP contribution in [0.5, 0.6) is 0 Å². The van der Waals surface area contributed by atoms with Gasteiger partial charge in [0.15, 0.2) is 0 Å². The van der Waals surface area contributed by atoms with Gasteiger partial charge in [0, 0.05) is 11.6 Å². The summed E-state index contributed by atoms with van der Waals surface area (Å²) in [6.07, 6.45) is 14.8. The highest BCUT2D eigenvalue weighted by Crippen LogP contribution is 2.32. The normalized spacial score (nSPS) is 24.3. The Hall–Kier alpha value is -1.78. The van der Waals surface area contributed by atoms with E-state index in [1.165, 1.54) is 38.5 Å². The zero-order valence-electron chi connectivity index (χ0n) is 13.2. The highest BCUT2D eigenvalue weighted by Gasteiger charge is 2.22. The summed E-state index contributed by atoms with van der Waals surface area (Å²) >= 11 is 0. The molecule has 0 unspecified atom stereocenters. The van der Waals surface area contributed by atoms with E-state index in [2.05, 4.69) is 47.5 Å². The summed E-state index contributed by atoms with van der Waals surface area (Å²) in [6, 6.07) is 10.9. The van der Waals surface area contributed by atoms with Crippen LogP contribution in [0.4, 0.5) is 0 Å². The van der Waals surface area contributed by atoms with Gasteiger partial charge in [0.1, 0.15) is 0 Å². The van der Waals surface area contributed by atoms with E-state index in [1.807, 2.05) is 18.2 Å². The maximum Gasteiger partial charge on any atom is 0.0582 e. The van der Waals surface area contributed by atoms with Gasteiger partial charge in [-0.1, -0.05) is 48.3 Å². The summed E-state index contributed by atoms with van der Waals surface area (Å²) in [5.74, 6) is 7.25. The van der Waals surface area contributed by atoms with E-state index >= 15 is 0 Å². The molecule has 1 N–H and O–H groups in total. The van der Waals surface area contributed by atoms with Gasteiger partial charge in [-0.15, -0.1) is 0 Å². The molecule has 0 amide bonds. The summed E-state index contributed by atoms with van der Waals surface area (Å²) in [5, 5.41) is 3.60. The molecule has 0 atom stereocenters. The molecule has 1 saturated carbocycles. The van der Waals surface area contributed by atoms with Gasteiger partial charge in [0.05, 0.1) is 6.54 Å². The highest BCUT2D eigenvalue weighted by molar-refractivity contribution is 5.33. The van der Waals surface area contributed by atoms with Crippen LogP contribution in [0.3, 0.4) is 0 Å². The van der Waals surface area contributed by atoms with Gasteiger partial charge >= 0.3 is 0 Å². The molecular weight excluding hydrogens is 266 g/mol. The Morgan fingerprint density at radius 1 is 1.00 bits per heavy atom. The highest BCUT2D eigenvalue weighted by atomic mass is 14.9. The van der Waals surface area contributed by atoms with Crippen molar-refractivity contribution in [3.63, 3.8) is 0 Å². The van der Waals surface area contributed by atoms with E-state index in [4.69, 9.17) is 0 Å². The zero-order chi connectivity index (χ0) is 15.0. The molecule has 0 radical (unpaired) electrons. The monoisotopic (exact) mass is 291 g/mol. The minimum atomic E-state index is 0.648. The second-order valence-corrected chi connectivity index (χ2v) is 6.28. The first-order valence-electron chi connectivity index (χ1n) is 8.56. The van der Waals surface area contributed by atoms with Gasteiger partial charge in [-0.25, -0.2) is 0 Å². The van der Waals surface area contributed by atoms with Gasteiger partial charge < -0.3 is 5.32 Å². The average molecular weight is 291 g/mol. The van der Waals surface area contributed by atoms with Crippen LogP contribution in [0.25, 0.3) is 0 Å². The van der Waals surface area contributed by atoms with Crippen LogP contribution in [-0.4, -0.2) is 12.6 Å². The molecule has 0 aromatic heterocycles. The minimum absolute atomic E-state index is 0.648. The number of rotatable bonds is 3. The minimum Gasteiger partial charge on any atom is -0.303 e. The number of allylic oxidation sites excluding steroid dienone is 4. The van der Waals surface area contributed by atoms with Crippen molar-refractivity contribution in [3.8, 4) is 11.8 Å². The van der Waals surface area contributed by atoms with Crippen LogP contribution < -0.4 is 5.32 Å². The van der Waals surface area contributed by atoms with Crippen molar-refractivity contribution in [2.75, 3.05) is 6.54 Å². The Morgan fingerprint density at radius 2 is 1.82 bits per heavy atom. The summed E-state index contributed by atoms with van der Waals surface area (Å²) in [5.41, 5.74) is 2.69. The Morgan fingerprint density at radius 3 is 2.55 bits per heavy atom. The summed E-state index contributed by atoms with van der Waals surface area (Å²) < 4.78 is 0. The molecule has 0 heterocycles. The second kappa shape index (κ2) is 8.01. The molecule has 2 aliphatic carbocycles. The van der Waals surface area contributed by atoms with Crippen LogP contribution in [0, 0.1) is 17.8 Å². The first-order valence-corrected chi connectivity index (χ1v) is 8.56. The molecule has 114 valence electrons. The van der Waals surface area contributed by atoms with Gasteiger partial charge in [-0.3, -0.25) is 0 Å². The molecule has 1 heteroatoms. The summed E-state index contributed by atoms with van der Waals surface area (Å²) in [4.78, 5) is 0. The maximum absolute atomic E-state index is 3.60. The SMILES string of the molecule is C(#Cc1ccccc1)CNC1CCC(C2=CCCC=C2)CC1. The Labute approximate surface area is 134 Å². The van der Waals surface area contributed by atoms with Crippen LogP contribution >= 0.6 is 0 Å². The Bertz CT molecular complexity index is 577. The van der Waals surface area contributed by atoms with Crippen molar-refractivity contribution in [2.45, 2.75) is 44.6 Å². The predicted molar refractivity (Wildman–Crippen MR) is 93.5 cm³/mol. The average Bonchev–Trinajstić information content (AvgIpc) is 2.61.